The van der Waals surface area contributed by atoms with E-state index in [-0.39, 0.29) is 19.0 Å². The molecule has 0 saturated heterocycles. The summed E-state index contributed by atoms with van der Waals surface area (Å²) in [5.74, 6) is -2.39. The van der Waals surface area contributed by atoms with E-state index in [1.165, 1.54) is 0 Å². The van der Waals surface area contributed by atoms with Crippen molar-refractivity contribution in [3.05, 3.63) is 0 Å². The van der Waals surface area contributed by atoms with Crippen LogP contribution >= 0.6 is 12.6 Å². The van der Waals surface area contributed by atoms with Crippen LogP contribution in [0, 0.1) is 0 Å². The maximum atomic E-state index is 10.6. The average molecular weight is 238 g/mol. The molecule has 0 saturated carbocycles. The van der Waals surface area contributed by atoms with E-state index in [1.807, 2.05) is 0 Å². The smallest absolute Gasteiger partial charge is 0.322 e. The second-order valence-electron chi connectivity index (χ2n) is 2.39. The van der Waals surface area contributed by atoms with E-state index < -0.39 is 17.2 Å². The Morgan fingerprint density at radius 2 is 1.73 bits per heavy atom. The summed E-state index contributed by atoms with van der Waals surface area (Å²) in [6.45, 7) is 0.948. The van der Waals surface area contributed by atoms with Crippen molar-refractivity contribution in [2.45, 2.75) is 12.2 Å². The first-order valence-corrected chi connectivity index (χ1v) is 4.42. The highest BCUT2D eigenvalue weighted by molar-refractivity contribution is 7.81. The fraction of sp³-hybridized carbons (Fsp3) is 0.571. The zero-order valence-corrected chi connectivity index (χ0v) is 9.03. The van der Waals surface area contributed by atoms with Crippen molar-refractivity contribution < 1.29 is 24.6 Å². The Balaban J connectivity index is 0. The summed E-state index contributed by atoms with van der Waals surface area (Å²) in [6.07, 6.45) is 0. The van der Waals surface area contributed by atoms with Gasteiger partial charge in [0.25, 0.3) is 0 Å². The van der Waals surface area contributed by atoms with Crippen LogP contribution in [0.5, 0.6) is 0 Å². The molecule has 0 bridgehead atoms. The van der Waals surface area contributed by atoms with Crippen LogP contribution in [-0.4, -0.2) is 46.4 Å². The van der Waals surface area contributed by atoms with E-state index in [4.69, 9.17) is 10.2 Å². The summed E-state index contributed by atoms with van der Waals surface area (Å²) < 4.78 is 0. The zero-order valence-electron chi connectivity index (χ0n) is 8.14. The molecule has 7 nitrogen and oxygen atoms in total. The number of carbonyl (C=O) groups is 3. The van der Waals surface area contributed by atoms with Crippen molar-refractivity contribution in [1.82, 2.24) is 5.32 Å². The number of hydrogen-bond donors (Lipinski definition) is 5. The first-order valence-electron chi connectivity index (χ1n) is 3.90. The molecular formula is C7H14N2O5S. The van der Waals surface area contributed by atoms with Crippen LogP contribution in [0.1, 0.15) is 6.92 Å². The number of rotatable bonds is 4. The molecule has 0 radical (unpaired) electrons. The highest BCUT2D eigenvalue weighted by Gasteiger charge is 2.07. The molecular weight excluding hydrogens is 224 g/mol. The third-order valence-corrected chi connectivity index (χ3v) is 1.20. The Labute approximate surface area is 92.1 Å². The molecule has 1 atom stereocenters. The SMILES string of the molecule is CC(S)C(=O)NCC(=O)O.NCC(=O)O. The molecule has 0 aromatic heterocycles. The van der Waals surface area contributed by atoms with Gasteiger partial charge in [-0.3, -0.25) is 14.4 Å². The minimum Gasteiger partial charge on any atom is -0.480 e. The van der Waals surface area contributed by atoms with Gasteiger partial charge in [-0.15, -0.1) is 0 Å². The average Bonchev–Trinajstić information content (AvgIpc) is 2.14. The lowest BCUT2D eigenvalue weighted by Gasteiger charge is -2.02. The van der Waals surface area contributed by atoms with Crippen LogP contribution in [0.3, 0.4) is 0 Å². The monoisotopic (exact) mass is 238 g/mol. The maximum Gasteiger partial charge on any atom is 0.322 e. The third kappa shape index (κ3) is 15.5. The lowest BCUT2D eigenvalue weighted by Crippen LogP contribution is -2.33. The highest BCUT2D eigenvalue weighted by atomic mass is 32.1. The summed E-state index contributed by atoms with van der Waals surface area (Å²) in [5, 5.41) is 17.4. The lowest BCUT2D eigenvalue weighted by atomic mass is 10.4. The number of carboxylic acid groups (broad SMARTS) is 2. The number of amides is 1. The van der Waals surface area contributed by atoms with E-state index in [0.717, 1.165) is 0 Å². The molecule has 0 aliphatic heterocycles. The van der Waals surface area contributed by atoms with Crippen LogP contribution in [0.25, 0.3) is 0 Å². The first kappa shape index (κ1) is 16.2. The minimum absolute atomic E-state index is 0.278. The van der Waals surface area contributed by atoms with E-state index >= 15 is 0 Å². The van der Waals surface area contributed by atoms with Gasteiger partial charge in [0.05, 0.1) is 11.8 Å². The van der Waals surface area contributed by atoms with Gasteiger partial charge in [-0.05, 0) is 6.92 Å². The molecule has 0 fully saturated rings. The molecule has 0 aliphatic carbocycles. The second kappa shape index (κ2) is 9.28. The van der Waals surface area contributed by atoms with Crippen molar-refractivity contribution in [1.29, 1.82) is 0 Å². The Hall–Kier alpha value is -1.28. The topological polar surface area (TPSA) is 130 Å². The minimum atomic E-state index is -1.05. The largest absolute Gasteiger partial charge is 0.480 e. The van der Waals surface area contributed by atoms with Crippen molar-refractivity contribution in [2.24, 2.45) is 5.73 Å². The molecule has 0 aromatic carbocycles. The summed E-state index contributed by atoms with van der Waals surface area (Å²) >= 11 is 3.79. The van der Waals surface area contributed by atoms with Crippen molar-refractivity contribution >= 4 is 30.5 Å². The van der Waals surface area contributed by atoms with Crippen LogP contribution in [-0.2, 0) is 14.4 Å². The van der Waals surface area contributed by atoms with Crippen LogP contribution < -0.4 is 11.1 Å². The number of aliphatic carboxylic acids is 2. The number of nitrogens with one attached hydrogen (secondary N) is 1. The van der Waals surface area contributed by atoms with Gasteiger partial charge in [-0.25, -0.2) is 0 Å². The van der Waals surface area contributed by atoms with E-state index in [0.29, 0.717) is 0 Å². The molecule has 0 rings (SSSR count). The van der Waals surface area contributed by atoms with Crippen molar-refractivity contribution in [2.75, 3.05) is 13.1 Å². The summed E-state index contributed by atoms with van der Waals surface area (Å²) in [6, 6.07) is 0. The Bertz CT molecular complexity index is 231. The molecule has 0 spiro atoms. The Morgan fingerprint density at radius 1 is 1.33 bits per heavy atom. The zero-order chi connectivity index (χ0) is 12.4. The normalized spacial score (nSPS) is 10.6. The molecule has 0 heterocycles. The van der Waals surface area contributed by atoms with Crippen molar-refractivity contribution in [3.8, 4) is 0 Å². The number of carbonyl (C=O) groups excluding carboxylic acids is 1. The van der Waals surface area contributed by atoms with Crippen LogP contribution in [0.2, 0.25) is 0 Å². The van der Waals surface area contributed by atoms with E-state index in [1.54, 1.807) is 6.92 Å². The highest BCUT2D eigenvalue weighted by Crippen LogP contribution is 1.89. The van der Waals surface area contributed by atoms with Crippen molar-refractivity contribution in [3.63, 3.8) is 0 Å². The summed E-state index contributed by atoms with van der Waals surface area (Å²) in [7, 11) is 0. The second-order valence-corrected chi connectivity index (χ2v) is 3.16. The first-order chi connectivity index (χ1) is 6.81. The van der Waals surface area contributed by atoms with Gasteiger partial charge < -0.3 is 21.3 Å². The molecule has 0 aliphatic rings. The third-order valence-electron chi connectivity index (χ3n) is 0.968. The number of carboxylic acids is 2. The quantitative estimate of drug-likeness (QED) is 0.380. The van der Waals surface area contributed by atoms with Gasteiger partial charge in [-0.1, -0.05) is 0 Å². The molecule has 1 amide bonds. The standard InChI is InChI=1S/C5H9NO3S.C2H5NO2/c1-3(10)5(9)6-2-4(7)8;3-1-2(4)5/h3,10H,2H2,1H3,(H,6,9)(H,7,8);1,3H2,(H,4,5). The van der Waals surface area contributed by atoms with Gasteiger partial charge in [0.1, 0.15) is 6.54 Å². The number of hydrogen-bond acceptors (Lipinski definition) is 5. The molecule has 0 aromatic rings. The van der Waals surface area contributed by atoms with Crippen LogP contribution in [0.4, 0.5) is 0 Å². The number of nitrogens with two attached hydrogens (primary N) is 1. The maximum absolute atomic E-state index is 10.6. The van der Waals surface area contributed by atoms with E-state index in [2.05, 4.69) is 23.7 Å². The fourth-order valence-corrected chi connectivity index (χ4v) is 0.402. The lowest BCUT2D eigenvalue weighted by molar-refractivity contribution is -0.138. The summed E-state index contributed by atoms with van der Waals surface area (Å²) in [5.41, 5.74) is 4.57. The Kier molecular flexibility index (Phi) is 10.0. The molecule has 8 heteroatoms. The van der Waals surface area contributed by atoms with E-state index in [9.17, 15) is 14.4 Å². The molecule has 88 valence electrons. The van der Waals surface area contributed by atoms with Gasteiger partial charge in [0.15, 0.2) is 0 Å². The van der Waals surface area contributed by atoms with Gasteiger partial charge in [-0.2, -0.15) is 12.6 Å². The number of thiol groups is 1. The Morgan fingerprint density at radius 3 is 1.93 bits per heavy atom. The van der Waals surface area contributed by atoms with Crippen LogP contribution in [0.15, 0.2) is 0 Å². The predicted molar refractivity (Wildman–Crippen MR) is 55.8 cm³/mol. The molecule has 1 unspecified atom stereocenters. The fourth-order valence-electron chi connectivity index (χ4n) is 0.310. The summed E-state index contributed by atoms with van der Waals surface area (Å²) in [4.78, 5) is 29.7. The predicted octanol–water partition coefficient (Wildman–Crippen LogP) is -1.46. The molecule has 5 N–H and O–H groups in total. The van der Waals surface area contributed by atoms with Gasteiger partial charge in [0, 0.05) is 0 Å². The van der Waals surface area contributed by atoms with Gasteiger partial charge in [0.2, 0.25) is 5.91 Å². The molecule has 15 heavy (non-hydrogen) atoms. The van der Waals surface area contributed by atoms with Gasteiger partial charge >= 0.3 is 11.9 Å².